The Morgan fingerprint density at radius 3 is 2.73 bits per heavy atom. The van der Waals surface area contributed by atoms with Crippen molar-refractivity contribution < 1.29 is 0 Å². The van der Waals surface area contributed by atoms with Crippen molar-refractivity contribution in [2.45, 2.75) is 27.3 Å². The number of hydrogen-bond donors (Lipinski definition) is 2. The van der Waals surface area contributed by atoms with Crippen molar-refractivity contribution in [2.24, 2.45) is 4.99 Å². The second kappa shape index (κ2) is 7.31. The van der Waals surface area contributed by atoms with Gasteiger partial charge < -0.3 is 5.32 Å². The predicted octanol–water partition coefficient (Wildman–Crippen LogP) is 2.56. The van der Waals surface area contributed by atoms with Gasteiger partial charge in [0, 0.05) is 23.8 Å². The fraction of sp³-hybridized carbons (Fsp3) is 0.375. The molecule has 118 valence electrons. The highest BCUT2D eigenvalue weighted by atomic mass is 35.5. The summed E-state index contributed by atoms with van der Waals surface area (Å²) in [6.45, 7) is 7.55. The molecule has 0 radical (unpaired) electrons. The zero-order chi connectivity index (χ0) is 16.1. The summed E-state index contributed by atoms with van der Waals surface area (Å²) in [6.07, 6.45) is 0. The maximum atomic E-state index is 12.7. The molecular formula is C16H21ClN4O. The normalized spacial score (nSPS) is 11.7. The predicted molar refractivity (Wildman–Crippen MR) is 91.1 cm³/mol. The Balaban J connectivity index is 2.41. The summed E-state index contributed by atoms with van der Waals surface area (Å²) in [6, 6.07) is 7.51. The molecule has 0 atom stereocenters. The van der Waals surface area contributed by atoms with E-state index in [0.717, 1.165) is 11.3 Å². The molecule has 0 bridgehead atoms. The van der Waals surface area contributed by atoms with Crippen LogP contribution in [0, 0.1) is 6.92 Å². The van der Waals surface area contributed by atoms with E-state index in [-0.39, 0.29) is 5.56 Å². The molecule has 1 aromatic heterocycles. The minimum absolute atomic E-state index is 0.0921. The molecule has 0 aliphatic heterocycles. The molecule has 1 aromatic carbocycles. The number of aliphatic imine (C=N–C) groups is 1. The number of amidine groups is 1. The van der Waals surface area contributed by atoms with E-state index >= 15 is 0 Å². The molecule has 0 saturated carbocycles. The van der Waals surface area contributed by atoms with Crippen molar-refractivity contribution in [1.82, 2.24) is 15.1 Å². The molecule has 0 aliphatic carbocycles. The SMILES string of the molecule is CCN=C(NCC)c1c(C)[nH]n(Cc2ccccc2Cl)c1=O. The fourth-order valence-corrected chi connectivity index (χ4v) is 2.54. The van der Waals surface area contributed by atoms with Crippen molar-refractivity contribution in [3.05, 3.63) is 56.5 Å². The lowest BCUT2D eigenvalue weighted by molar-refractivity contribution is 0.657. The van der Waals surface area contributed by atoms with Crippen LogP contribution < -0.4 is 10.9 Å². The van der Waals surface area contributed by atoms with Gasteiger partial charge in [-0.2, -0.15) is 0 Å². The van der Waals surface area contributed by atoms with Crippen LogP contribution in [0.3, 0.4) is 0 Å². The molecule has 0 saturated heterocycles. The van der Waals surface area contributed by atoms with Crippen LogP contribution in [0.15, 0.2) is 34.1 Å². The quantitative estimate of drug-likeness (QED) is 0.657. The number of H-pyrrole nitrogens is 1. The number of halogens is 1. The first-order valence-corrected chi connectivity index (χ1v) is 7.77. The summed E-state index contributed by atoms with van der Waals surface area (Å²) in [5, 5.41) is 6.92. The van der Waals surface area contributed by atoms with Crippen LogP contribution in [-0.2, 0) is 6.54 Å². The Morgan fingerprint density at radius 1 is 1.36 bits per heavy atom. The lowest BCUT2D eigenvalue weighted by Gasteiger charge is -2.05. The lowest BCUT2D eigenvalue weighted by Crippen LogP contribution is -2.31. The lowest BCUT2D eigenvalue weighted by atomic mass is 10.2. The molecule has 6 heteroatoms. The number of nitrogens with zero attached hydrogens (tertiary/aromatic N) is 2. The number of aryl methyl sites for hydroxylation is 1. The maximum Gasteiger partial charge on any atom is 0.278 e. The van der Waals surface area contributed by atoms with Gasteiger partial charge in [0.1, 0.15) is 11.4 Å². The Bertz CT molecular complexity index is 730. The van der Waals surface area contributed by atoms with Crippen LogP contribution in [0.5, 0.6) is 0 Å². The van der Waals surface area contributed by atoms with E-state index in [1.165, 1.54) is 0 Å². The first-order valence-electron chi connectivity index (χ1n) is 7.40. The van der Waals surface area contributed by atoms with Gasteiger partial charge in [0.05, 0.1) is 6.54 Å². The number of benzene rings is 1. The number of hydrogen-bond acceptors (Lipinski definition) is 2. The third kappa shape index (κ3) is 3.42. The van der Waals surface area contributed by atoms with Gasteiger partial charge >= 0.3 is 0 Å². The van der Waals surface area contributed by atoms with E-state index in [4.69, 9.17) is 11.6 Å². The molecule has 0 amide bonds. The summed E-state index contributed by atoms with van der Waals surface area (Å²) in [7, 11) is 0. The molecule has 22 heavy (non-hydrogen) atoms. The second-order valence-corrected chi connectivity index (χ2v) is 5.35. The highest BCUT2D eigenvalue weighted by Gasteiger charge is 2.16. The van der Waals surface area contributed by atoms with Crippen molar-refractivity contribution in [1.29, 1.82) is 0 Å². The third-order valence-corrected chi connectivity index (χ3v) is 3.69. The number of nitrogens with one attached hydrogen (secondary N) is 2. The average Bonchev–Trinajstić information content (AvgIpc) is 2.76. The molecule has 5 nitrogen and oxygen atoms in total. The Labute approximate surface area is 135 Å². The maximum absolute atomic E-state index is 12.7. The van der Waals surface area contributed by atoms with Gasteiger partial charge in [-0.05, 0) is 32.4 Å². The number of rotatable bonds is 5. The summed E-state index contributed by atoms with van der Waals surface area (Å²) in [5.41, 5.74) is 2.20. The van der Waals surface area contributed by atoms with Crippen LogP contribution in [-0.4, -0.2) is 28.7 Å². The second-order valence-electron chi connectivity index (χ2n) is 4.95. The smallest absolute Gasteiger partial charge is 0.278 e. The van der Waals surface area contributed by atoms with E-state index in [0.29, 0.717) is 36.1 Å². The van der Waals surface area contributed by atoms with E-state index < -0.39 is 0 Å². The summed E-state index contributed by atoms with van der Waals surface area (Å²) in [5.74, 6) is 0.640. The first kappa shape index (κ1) is 16.4. The van der Waals surface area contributed by atoms with Crippen LogP contribution in [0.2, 0.25) is 5.02 Å². The molecule has 1 heterocycles. The Hall–Kier alpha value is -2.01. The van der Waals surface area contributed by atoms with Gasteiger partial charge in [-0.3, -0.25) is 14.9 Å². The Morgan fingerprint density at radius 2 is 2.09 bits per heavy atom. The van der Waals surface area contributed by atoms with Crippen molar-refractivity contribution >= 4 is 17.4 Å². The van der Waals surface area contributed by atoms with Gasteiger partial charge in [0.25, 0.3) is 5.56 Å². The topological polar surface area (TPSA) is 62.2 Å². The van der Waals surface area contributed by atoms with Gasteiger partial charge in [-0.25, -0.2) is 4.68 Å². The summed E-state index contributed by atoms with van der Waals surface area (Å²) >= 11 is 6.17. The van der Waals surface area contributed by atoms with E-state index in [1.807, 2.05) is 45.0 Å². The van der Waals surface area contributed by atoms with Crippen LogP contribution in [0.4, 0.5) is 0 Å². The molecule has 0 aliphatic rings. The van der Waals surface area contributed by atoms with E-state index in [1.54, 1.807) is 4.68 Å². The minimum atomic E-state index is -0.0921. The highest BCUT2D eigenvalue weighted by Crippen LogP contribution is 2.15. The van der Waals surface area contributed by atoms with Gasteiger partial charge in [-0.1, -0.05) is 29.8 Å². The minimum Gasteiger partial charge on any atom is -0.370 e. The number of aromatic nitrogens is 2. The monoisotopic (exact) mass is 320 g/mol. The van der Waals surface area contributed by atoms with E-state index in [2.05, 4.69) is 15.4 Å². The molecule has 0 fully saturated rings. The summed E-state index contributed by atoms with van der Waals surface area (Å²) in [4.78, 5) is 17.1. The number of aromatic amines is 1. The average molecular weight is 321 g/mol. The van der Waals surface area contributed by atoms with Crippen LogP contribution in [0.25, 0.3) is 0 Å². The van der Waals surface area contributed by atoms with Gasteiger partial charge in [0.2, 0.25) is 0 Å². The molecule has 2 aromatic rings. The molecule has 2 N–H and O–H groups in total. The molecular weight excluding hydrogens is 300 g/mol. The van der Waals surface area contributed by atoms with Crippen molar-refractivity contribution in [3.63, 3.8) is 0 Å². The van der Waals surface area contributed by atoms with Crippen molar-refractivity contribution in [2.75, 3.05) is 13.1 Å². The fourth-order valence-electron chi connectivity index (χ4n) is 2.34. The zero-order valence-electron chi connectivity index (χ0n) is 13.1. The zero-order valence-corrected chi connectivity index (χ0v) is 13.9. The Kier molecular flexibility index (Phi) is 5.44. The van der Waals surface area contributed by atoms with Crippen LogP contribution in [0.1, 0.15) is 30.7 Å². The van der Waals surface area contributed by atoms with Gasteiger partial charge in [-0.15, -0.1) is 0 Å². The molecule has 0 unspecified atom stereocenters. The van der Waals surface area contributed by atoms with Crippen LogP contribution >= 0.6 is 11.6 Å². The third-order valence-electron chi connectivity index (χ3n) is 3.32. The standard InChI is InChI=1S/C16H21ClN4O/c1-4-18-15(19-5-2)14-11(3)20-21(16(14)22)10-12-8-6-7-9-13(12)17/h6-9,20H,4-5,10H2,1-3H3,(H,18,19). The highest BCUT2D eigenvalue weighted by molar-refractivity contribution is 6.31. The van der Waals surface area contributed by atoms with E-state index in [9.17, 15) is 4.79 Å². The molecule has 2 rings (SSSR count). The largest absolute Gasteiger partial charge is 0.370 e. The van der Waals surface area contributed by atoms with Crippen molar-refractivity contribution in [3.8, 4) is 0 Å². The first-order chi connectivity index (χ1) is 10.6. The van der Waals surface area contributed by atoms with Gasteiger partial charge in [0.15, 0.2) is 0 Å². The molecule has 0 spiro atoms. The summed E-state index contributed by atoms with van der Waals surface area (Å²) < 4.78 is 1.56.